The van der Waals surface area contributed by atoms with E-state index < -0.39 is 60.6 Å². The first-order valence-corrected chi connectivity index (χ1v) is 7.33. The lowest BCUT2D eigenvalue weighted by Gasteiger charge is -2.47. The maximum absolute atomic E-state index is 8.93. The van der Waals surface area contributed by atoms with E-state index in [1.807, 2.05) is 0 Å². The van der Waals surface area contributed by atoms with Crippen molar-refractivity contribution in [3.05, 3.63) is 34.8 Å². The molecule has 1 aromatic rings. The average molecular weight is 316 g/mol. The highest BCUT2D eigenvalue weighted by Gasteiger charge is 2.37. The molecule has 1 aliphatic rings. The molecule has 0 aromatic heterocycles. The number of morpholine rings is 1. The quantitative estimate of drug-likeness (QED) is 0.785. The van der Waals surface area contributed by atoms with Crippen LogP contribution in [0.15, 0.2) is 18.1 Å². The SMILES string of the molecule is [2H]c1c([2H])c(C([2H])([2H])N2C([2H])([2H])C(C)(C)OC(C)(C([2H])([2H])[2H])C2([2H])[2H])c([2H])c(C(C)(C)C)c1C. The maximum atomic E-state index is 8.93. The van der Waals surface area contributed by atoms with Crippen LogP contribution < -0.4 is 0 Å². The fourth-order valence-electron chi connectivity index (χ4n) is 2.51. The fraction of sp³-hybridized carbons (Fsp3) is 0.700. The first-order valence-electron chi connectivity index (χ1n) is 13.3. The summed E-state index contributed by atoms with van der Waals surface area (Å²) in [5.41, 5.74) is -5.58. The van der Waals surface area contributed by atoms with Crippen molar-refractivity contribution < 1.29 is 21.2 Å². The van der Waals surface area contributed by atoms with Gasteiger partial charge in [-0.15, -0.1) is 0 Å². The normalized spacial score (nSPS) is 40.0. The van der Waals surface area contributed by atoms with Crippen LogP contribution in [0.4, 0.5) is 0 Å². The van der Waals surface area contributed by atoms with E-state index in [1.165, 1.54) is 13.8 Å². The Balaban J connectivity index is 3.05. The van der Waals surface area contributed by atoms with Crippen molar-refractivity contribution in [3.63, 3.8) is 0 Å². The third-order valence-electron chi connectivity index (χ3n) is 3.14. The van der Waals surface area contributed by atoms with E-state index in [2.05, 4.69) is 0 Å². The molecule has 0 aliphatic carbocycles. The van der Waals surface area contributed by atoms with E-state index in [4.69, 9.17) is 21.2 Å². The molecule has 0 saturated carbocycles. The number of hydrogen-bond acceptors (Lipinski definition) is 2. The van der Waals surface area contributed by atoms with Gasteiger partial charge in [-0.05, 0) is 56.7 Å². The summed E-state index contributed by atoms with van der Waals surface area (Å²) in [7, 11) is 0. The molecule has 1 fully saturated rings. The Kier molecular flexibility index (Phi) is 1.89. The van der Waals surface area contributed by atoms with E-state index >= 15 is 0 Å². The van der Waals surface area contributed by atoms with Gasteiger partial charge in [-0.1, -0.05) is 38.9 Å². The Morgan fingerprint density at radius 2 is 1.95 bits per heavy atom. The third kappa shape index (κ3) is 4.33. The largest absolute Gasteiger partial charge is 0.367 e. The number of benzene rings is 1. The van der Waals surface area contributed by atoms with Gasteiger partial charge in [-0.2, -0.15) is 0 Å². The van der Waals surface area contributed by atoms with Crippen molar-refractivity contribution >= 4 is 0 Å². The van der Waals surface area contributed by atoms with E-state index in [9.17, 15) is 0 Å². The Hall–Kier alpha value is -0.860. The van der Waals surface area contributed by atoms with Crippen molar-refractivity contribution in [2.24, 2.45) is 0 Å². The molecule has 0 N–H and O–H groups in total. The first kappa shape index (κ1) is 7.36. The van der Waals surface area contributed by atoms with Gasteiger partial charge in [0, 0.05) is 31.8 Å². The van der Waals surface area contributed by atoms with Gasteiger partial charge in [-0.25, -0.2) is 0 Å². The van der Waals surface area contributed by atoms with Crippen LogP contribution >= 0.6 is 0 Å². The van der Waals surface area contributed by atoms with Crippen LogP contribution in [0.1, 0.15) is 81.5 Å². The molecule has 2 rings (SSSR count). The molecule has 0 radical (unpaired) electrons. The summed E-state index contributed by atoms with van der Waals surface area (Å²) in [6.07, 6.45) is 0. The van der Waals surface area contributed by atoms with Gasteiger partial charge in [0.25, 0.3) is 0 Å². The van der Waals surface area contributed by atoms with Crippen molar-refractivity contribution in [1.29, 1.82) is 0 Å². The summed E-state index contributed by atoms with van der Waals surface area (Å²) >= 11 is 0. The average Bonchev–Trinajstić information content (AvgIpc) is 2.54. The molecular weight excluding hydrogens is 270 g/mol. The van der Waals surface area contributed by atoms with Gasteiger partial charge in [0.05, 0.1) is 15.3 Å². The van der Waals surface area contributed by atoms with Crippen LogP contribution in [-0.2, 0) is 16.6 Å². The van der Waals surface area contributed by atoms with Gasteiger partial charge < -0.3 is 4.74 Å². The molecule has 124 valence electrons. The molecule has 1 atom stereocenters. The molecule has 1 heterocycles. The van der Waals surface area contributed by atoms with Crippen LogP contribution in [0, 0.1) is 6.92 Å². The van der Waals surface area contributed by atoms with Crippen LogP contribution in [0.25, 0.3) is 0 Å². The molecule has 1 unspecified atom stereocenters. The zero-order valence-corrected chi connectivity index (χ0v) is 14.4. The molecule has 1 aliphatic heterocycles. The van der Waals surface area contributed by atoms with Crippen LogP contribution in [0.2, 0.25) is 0 Å². The number of nitrogens with zero attached hydrogens (tertiary/aromatic N) is 1. The Morgan fingerprint density at radius 1 is 1.32 bits per heavy atom. The van der Waals surface area contributed by atoms with E-state index in [0.717, 1.165) is 6.92 Å². The van der Waals surface area contributed by atoms with Crippen molar-refractivity contribution in [3.8, 4) is 0 Å². The zero-order valence-electron chi connectivity index (χ0n) is 26.4. The van der Waals surface area contributed by atoms with E-state index in [1.54, 1.807) is 27.7 Å². The topological polar surface area (TPSA) is 12.5 Å². The monoisotopic (exact) mass is 315 g/mol. The van der Waals surface area contributed by atoms with E-state index in [0.29, 0.717) is 5.56 Å². The molecular formula is C20H33NO. The maximum Gasteiger partial charge on any atom is 0.0760 e. The standard InChI is InChI=1S/C20H33NO/c1-15-9-10-16(11-17(15)18(2,3)4)12-21-13-19(5,6)22-20(7,8)14-21/h9-11H,12-14H2,1-8H3/i5D3,9D,10D,11D,12D2,13D2,14D2. The molecule has 0 bridgehead atoms. The molecule has 1 saturated heterocycles. The highest BCUT2D eigenvalue weighted by molar-refractivity contribution is 5.35. The summed E-state index contributed by atoms with van der Waals surface area (Å²) < 4.78 is 108. The molecule has 0 spiro atoms. The second-order valence-electron chi connectivity index (χ2n) is 7.32. The van der Waals surface area contributed by atoms with Crippen LogP contribution in [0.5, 0.6) is 0 Å². The molecule has 2 heteroatoms. The second kappa shape index (κ2) is 5.65. The Labute approximate surface area is 153 Å². The first-order chi connectivity index (χ1) is 14.7. The van der Waals surface area contributed by atoms with Gasteiger partial charge in [-0.3, -0.25) is 4.90 Å². The lowest BCUT2D eigenvalue weighted by atomic mass is 9.83. The molecule has 22 heavy (non-hydrogen) atoms. The minimum atomic E-state index is -3.27. The van der Waals surface area contributed by atoms with Gasteiger partial charge in [0.2, 0.25) is 0 Å². The predicted molar refractivity (Wildman–Crippen MR) is 94.4 cm³/mol. The smallest absolute Gasteiger partial charge is 0.0760 e. The van der Waals surface area contributed by atoms with Gasteiger partial charge >= 0.3 is 0 Å². The van der Waals surface area contributed by atoms with E-state index in [-0.39, 0.29) is 16.5 Å². The van der Waals surface area contributed by atoms with Crippen molar-refractivity contribution in [2.45, 2.75) is 78.4 Å². The highest BCUT2D eigenvalue weighted by Crippen LogP contribution is 2.30. The Bertz CT molecular complexity index is 993. The fourth-order valence-corrected chi connectivity index (χ4v) is 2.51. The second-order valence-corrected chi connectivity index (χ2v) is 7.32. The van der Waals surface area contributed by atoms with Crippen molar-refractivity contribution in [2.75, 3.05) is 13.0 Å². The molecule has 2 nitrogen and oxygen atoms in total. The predicted octanol–water partition coefficient (Wildman–Crippen LogP) is 4.68. The summed E-state index contributed by atoms with van der Waals surface area (Å²) in [6.45, 7) is -2.42. The van der Waals surface area contributed by atoms with Crippen LogP contribution in [-0.4, -0.2) is 29.1 Å². The zero-order chi connectivity index (χ0) is 27.2. The van der Waals surface area contributed by atoms with Gasteiger partial charge in [0.1, 0.15) is 0 Å². The lowest BCUT2D eigenvalue weighted by Crippen LogP contribution is -2.56. The highest BCUT2D eigenvalue weighted by atomic mass is 16.5. The lowest BCUT2D eigenvalue weighted by molar-refractivity contribution is -0.182. The van der Waals surface area contributed by atoms with Gasteiger partial charge in [0.15, 0.2) is 0 Å². The molecule has 1 aromatic carbocycles. The summed E-state index contributed by atoms with van der Waals surface area (Å²) in [6, 6.07) is -1.51. The number of hydrogen-bond donors (Lipinski definition) is 0. The summed E-state index contributed by atoms with van der Waals surface area (Å²) in [4.78, 5) is 0.134. The van der Waals surface area contributed by atoms with Crippen molar-refractivity contribution in [1.82, 2.24) is 4.90 Å². The number of ether oxygens (including phenoxy) is 1. The minimum Gasteiger partial charge on any atom is -0.367 e. The Morgan fingerprint density at radius 3 is 2.55 bits per heavy atom. The van der Waals surface area contributed by atoms with Crippen LogP contribution in [0.3, 0.4) is 0 Å². The molecule has 0 amide bonds. The summed E-state index contributed by atoms with van der Waals surface area (Å²) in [5, 5.41) is 0. The summed E-state index contributed by atoms with van der Waals surface area (Å²) in [5.74, 6) is 0. The number of rotatable bonds is 2. The third-order valence-corrected chi connectivity index (χ3v) is 3.14. The minimum absolute atomic E-state index is 0.134.